The molecule has 2 heteroatoms. The van der Waals surface area contributed by atoms with Crippen molar-refractivity contribution in [3.63, 3.8) is 0 Å². The SMILES string of the molecule is CCCCN1CCC(=O)C1. The Hall–Kier alpha value is -0.370. The number of carbonyl (C=O) groups excluding carboxylic acids is 1. The zero-order valence-electron chi connectivity index (χ0n) is 6.60. The van der Waals surface area contributed by atoms with E-state index in [0.717, 1.165) is 19.5 Å². The summed E-state index contributed by atoms with van der Waals surface area (Å²) in [5, 5.41) is 0. The third kappa shape index (κ3) is 2.10. The normalized spacial score (nSPS) is 20.3. The molecule has 0 unspecified atom stereocenters. The van der Waals surface area contributed by atoms with E-state index in [-0.39, 0.29) is 0 Å². The Bertz CT molecular complexity index is 122. The molecule has 0 aromatic carbocycles. The minimum absolute atomic E-state index is 0.413. The van der Waals surface area contributed by atoms with Crippen molar-refractivity contribution in [2.75, 3.05) is 19.6 Å². The number of nitrogens with zero attached hydrogens (tertiary/aromatic N) is 1. The van der Waals surface area contributed by atoms with Crippen molar-refractivity contribution >= 4 is 5.78 Å². The Morgan fingerprint density at radius 3 is 2.90 bits per heavy atom. The van der Waals surface area contributed by atoms with E-state index in [1.54, 1.807) is 0 Å². The highest BCUT2D eigenvalue weighted by Crippen LogP contribution is 2.04. The Kier molecular flexibility index (Phi) is 2.87. The summed E-state index contributed by atoms with van der Waals surface area (Å²) < 4.78 is 0. The van der Waals surface area contributed by atoms with Crippen molar-refractivity contribution in [3.8, 4) is 0 Å². The van der Waals surface area contributed by atoms with Gasteiger partial charge in [-0.25, -0.2) is 0 Å². The molecule has 1 heterocycles. The van der Waals surface area contributed by atoms with Gasteiger partial charge in [0, 0.05) is 13.0 Å². The molecule has 58 valence electrons. The highest BCUT2D eigenvalue weighted by molar-refractivity contribution is 5.82. The largest absolute Gasteiger partial charge is 0.298 e. The maximum Gasteiger partial charge on any atom is 0.148 e. The molecule has 1 aliphatic heterocycles. The van der Waals surface area contributed by atoms with Crippen LogP contribution in [0.1, 0.15) is 26.2 Å². The molecule has 10 heavy (non-hydrogen) atoms. The van der Waals surface area contributed by atoms with Crippen molar-refractivity contribution in [1.82, 2.24) is 4.90 Å². The van der Waals surface area contributed by atoms with Crippen LogP contribution in [0.5, 0.6) is 0 Å². The number of ketones is 1. The number of hydrogen-bond acceptors (Lipinski definition) is 2. The van der Waals surface area contributed by atoms with Gasteiger partial charge in [0.25, 0.3) is 0 Å². The van der Waals surface area contributed by atoms with Gasteiger partial charge in [0.2, 0.25) is 0 Å². The standard InChI is InChI=1S/C8H15NO/c1-2-3-5-9-6-4-8(10)7-9/h2-7H2,1H3. The van der Waals surface area contributed by atoms with Crippen LogP contribution in [0.4, 0.5) is 0 Å². The molecule has 1 saturated heterocycles. The molecule has 0 aromatic rings. The van der Waals surface area contributed by atoms with Gasteiger partial charge >= 0.3 is 0 Å². The first kappa shape index (κ1) is 7.73. The van der Waals surface area contributed by atoms with Crippen molar-refractivity contribution in [2.45, 2.75) is 26.2 Å². The molecule has 1 aliphatic rings. The van der Waals surface area contributed by atoms with Crippen LogP contribution in [-0.2, 0) is 4.79 Å². The summed E-state index contributed by atoms with van der Waals surface area (Å²) in [4.78, 5) is 13.0. The lowest BCUT2D eigenvalue weighted by molar-refractivity contribution is -0.116. The van der Waals surface area contributed by atoms with Crippen molar-refractivity contribution in [1.29, 1.82) is 0 Å². The third-order valence-electron chi connectivity index (χ3n) is 1.93. The molecule has 1 rings (SSSR count). The monoisotopic (exact) mass is 141 g/mol. The first-order valence-electron chi connectivity index (χ1n) is 4.07. The van der Waals surface area contributed by atoms with Crippen molar-refractivity contribution in [3.05, 3.63) is 0 Å². The molecule has 1 fully saturated rings. The second-order valence-corrected chi connectivity index (χ2v) is 2.92. The van der Waals surface area contributed by atoms with Gasteiger partial charge in [-0.1, -0.05) is 13.3 Å². The summed E-state index contributed by atoms with van der Waals surface area (Å²) in [5.74, 6) is 0.413. The van der Waals surface area contributed by atoms with Crippen LogP contribution < -0.4 is 0 Å². The first-order valence-corrected chi connectivity index (χ1v) is 4.07. The summed E-state index contributed by atoms with van der Waals surface area (Å²) >= 11 is 0. The van der Waals surface area contributed by atoms with Gasteiger partial charge in [-0.05, 0) is 13.0 Å². The Morgan fingerprint density at radius 2 is 2.40 bits per heavy atom. The Balaban J connectivity index is 2.12. The molecule has 0 bridgehead atoms. The lowest BCUT2D eigenvalue weighted by Gasteiger charge is -2.11. The molecule has 0 radical (unpaired) electrons. The van der Waals surface area contributed by atoms with E-state index in [1.165, 1.54) is 12.8 Å². The summed E-state index contributed by atoms with van der Waals surface area (Å²) in [6, 6.07) is 0. The van der Waals surface area contributed by atoms with E-state index in [4.69, 9.17) is 0 Å². The van der Waals surface area contributed by atoms with E-state index >= 15 is 0 Å². The van der Waals surface area contributed by atoms with Crippen LogP contribution >= 0.6 is 0 Å². The molecule has 0 N–H and O–H groups in total. The average Bonchev–Trinajstić information content (AvgIpc) is 2.31. The quantitative estimate of drug-likeness (QED) is 0.585. The van der Waals surface area contributed by atoms with Crippen LogP contribution in [0.2, 0.25) is 0 Å². The first-order chi connectivity index (χ1) is 4.83. The highest BCUT2D eigenvalue weighted by atomic mass is 16.1. The second kappa shape index (κ2) is 3.71. The zero-order chi connectivity index (χ0) is 7.40. The lowest BCUT2D eigenvalue weighted by atomic mass is 10.3. The van der Waals surface area contributed by atoms with Gasteiger partial charge in [0.05, 0.1) is 6.54 Å². The van der Waals surface area contributed by atoms with E-state index in [1.807, 2.05) is 0 Å². The maximum absolute atomic E-state index is 10.8. The van der Waals surface area contributed by atoms with Gasteiger partial charge in [-0.15, -0.1) is 0 Å². The summed E-state index contributed by atoms with van der Waals surface area (Å²) in [6.07, 6.45) is 3.24. The smallest absolute Gasteiger partial charge is 0.148 e. The number of unbranched alkanes of at least 4 members (excludes halogenated alkanes) is 1. The van der Waals surface area contributed by atoms with E-state index < -0.39 is 0 Å². The molecule has 0 aliphatic carbocycles. The predicted molar refractivity (Wildman–Crippen MR) is 41.0 cm³/mol. The minimum atomic E-state index is 0.413. The van der Waals surface area contributed by atoms with Crippen LogP contribution in [0, 0.1) is 0 Å². The average molecular weight is 141 g/mol. The summed E-state index contributed by atoms with van der Waals surface area (Å²) in [5.41, 5.74) is 0. The zero-order valence-corrected chi connectivity index (χ0v) is 6.60. The van der Waals surface area contributed by atoms with Gasteiger partial charge in [0.15, 0.2) is 0 Å². The van der Waals surface area contributed by atoms with Crippen LogP contribution in [0.3, 0.4) is 0 Å². The molecule has 0 spiro atoms. The predicted octanol–water partition coefficient (Wildman–Crippen LogP) is 1.06. The van der Waals surface area contributed by atoms with Gasteiger partial charge < -0.3 is 0 Å². The van der Waals surface area contributed by atoms with Crippen LogP contribution in [0.15, 0.2) is 0 Å². The maximum atomic E-state index is 10.8. The number of rotatable bonds is 3. The van der Waals surface area contributed by atoms with Crippen LogP contribution in [0.25, 0.3) is 0 Å². The molecular formula is C8H15NO. The highest BCUT2D eigenvalue weighted by Gasteiger charge is 2.17. The fourth-order valence-electron chi connectivity index (χ4n) is 1.26. The number of carbonyl (C=O) groups is 1. The number of Topliss-reactive ketones (excluding diaryl/α,β-unsaturated/α-hetero) is 1. The molecule has 0 atom stereocenters. The van der Waals surface area contributed by atoms with Gasteiger partial charge in [0.1, 0.15) is 5.78 Å². The van der Waals surface area contributed by atoms with Crippen molar-refractivity contribution < 1.29 is 4.79 Å². The number of hydrogen-bond donors (Lipinski definition) is 0. The molecule has 0 aromatic heterocycles. The summed E-state index contributed by atoms with van der Waals surface area (Å²) in [7, 11) is 0. The number of likely N-dealkylation sites (tertiary alicyclic amines) is 1. The van der Waals surface area contributed by atoms with Crippen molar-refractivity contribution in [2.24, 2.45) is 0 Å². The lowest BCUT2D eigenvalue weighted by Crippen LogP contribution is -2.21. The topological polar surface area (TPSA) is 20.3 Å². The van der Waals surface area contributed by atoms with Gasteiger partial charge in [-0.2, -0.15) is 0 Å². The molecule has 0 amide bonds. The second-order valence-electron chi connectivity index (χ2n) is 2.92. The fourth-order valence-corrected chi connectivity index (χ4v) is 1.26. The molecular weight excluding hydrogens is 126 g/mol. The van der Waals surface area contributed by atoms with Crippen LogP contribution in [-0.4, -0.2) is 30.3 Å². The fraction of sp³-hybridized carbons (Fsp3) is 0.875. The molecule has 0 saturated carbocycles. The van der Waals surface area contributed by atoms with E-state index in [0.29, 0.717) is 12.3 Å². The summed E-state index contributed by atoms with van der Waals surface area (Å²) in [6.45, 7) is 5.00. The Morgan fingerprint density at radius 1 is 1.60 bits per heavy atom. The minimum Gasteiger partial charge on any atom is -0.298 e. The van der Waals surface area contributed by atoms with Gasteiger partial charge in [-0.3, -0.25) is 9.69 Å². The molecule has 2 nitrogen and oxygen atoms in total. The van der Waals surface area contributed by atoms with E-state index in [9.17, 15) is 4.79 Å². The van der Waals surface area contributed by atoms with E-state index in [2.05, 4.69) is 11.8 Å². The Labute approximate surface area is 62.2 Å². The third-order valence-corrected chi connectivity index (χ3v) is 1.93.